The second-order valence-electron chi connectivity index (χ2n) is 8.84. The van der Waals surface area contributed by atoms with Crippen molar-refractivity contribution in [3.8, 4) is 0 Å². The summed E-state index contributed by atoms with van der Waals surface area (Å²) in [6, 6.07) is 7.55. The molecule has 0 unspecified atom stereocenters. The molecule has 1 aromatic heterocycles. The van der Waals surface area contributed by atoms with Crippen LogP contribution in [0.3, 0.4) is 0 Å². The van der Waals surface area contributed by atoms with E-state index in [4.69, 9.17) is 11.6 Å². The van der Waals surface area contributed by atoms with Gasteiger partial charge in [-0.2, -0.15) is 9.40 Å². The third-order valence-electron chi connectivity index (χ3n) is 6.47. The first kappa shape index (κ1) is 25.7. The predicted molar refractivity (Wildman–Crippen MR) is 137 cm³/mol. The lowest BCUT2D eigenvalue weighted by atomic mass is 10.2. The predicted octanol–water partition coefficient (Wildman–Crippen LogP) is 2.40. The molecule has 2 saturated heterocycles. The number of rotatable bonds is 8. The van der Waals surface area contributed by atoms with Gasteiger partial charge >= 0.3 is 0 Å². The molecule has 35 heavy (non-hydrogen) atoms. The number of carbonyl (C=O) groups is 1. The lowest BCUT2D eigenvalue weighted by Gasteiger charge is -2.36. The molecule has 1 amide bonds. The van der Waals surface area contributed by atoms with Crippen molar-refractivity contribution in [2.75, 3.05) is 63.8 Å². The van der Waals surface area contributed by atoms with E-state index in [0.717, 1.165) is 31.7 Å². The number of amides is 1. The molecular formula is C24H33ClN6O3S. The molecule has 0 spiro atoms. The third-order valence-corrected chi connectivity index (χ3v) is 8.63. The van der Waals surface area contributed by atoms with Gasteiger partial charge in [-0.25, -0.2) is 8.42 Å². The highest BCUT2D eigenvalue weighted by Crippen LogP contribution is 2.28. The quantitative estimate of drug-likeness (QED) is 0.497. The molecule has 0 saturated carbocycles. The van der Waals surface area contributed by atoms with Gasteiger partial charge in [0.25, 0.3) is 15.9 Å². The van der Waals surface area contributed by atoms with Gasteiger partial charge in [-0.3, -0.25) is 14.4 Å². The number of nitrogens with zero attached hydrogens (tertiary/aromatic N) is 6. The van der Waals surface area contributed by atoms with Crippen molar-refractivity contribution >= 4 is 33.2 Å². The average molecular weight is 521 g/mol. The second kappa shape index (κ2) is 11.1. The molecule has 2 aliphatic heterocycles. The van der Waals surface area contributed by atoms with Crippen molar-refractivity contribution in [2.45, 2.75) is 24.9 Å². The Morgan fingerprint density at radius 3 is 2.40 bits per heavy atom. The topological polar surface area (TPSA) is 82.0 Å². The normalized spacial score (nSPS) is 18.1. The Morgan fingerprint density at radius 1 is 1.09 bits per heavy atom. The van der Waals surface area contributed by atoms with Crippen LogP contribution in [-0.2, 0) is 16.6 Å². The standard InChI is InChI=1S/C24H33ClN6O3S/c1-3-9-27-11-13-29(14-12-27)24(32)20-19-30(10-4-2)26-23(20)35(33,34)31-17-15-28(16-18-31)22-8-6-5-7-21(22)25/h3,5-8,19H,1,4,9-18H2,2H3. The first-order valence-electron chi connectivity index (χ1n) is 12.0. The average Bonchev–Trinajstić information content (AvgIpc) is 3.30. The van der Waals surface area contributed by atoms with E-state index in [2.05, 4.69) is 21.5 Å². The largest absolute Gasteiger partial charge is 0.368 e. The van der Waals surface area contributed by atoms with Gasteiger partial charge in [0.1, 0.15) is 0 Å². The van der Waals surface area contributed by atoms with E-state index >= 15 is 0 Å². The molecule has 2 aromatic rings. The van der Waals surface area contributed by atoms with Crippen molar-refractivity contribution in [1.82, 2.24) is 23.9 Å². The second-order valence-corrected chi connectivity index (χ2v) is 11.1. The maximum Gasteiger partial charge on any atom is 0.263 e. The Labute approximate surface area is 212 Å². The van der Waals surface area contributed by atoms with Gasteiger partial charge in [0, 0.05) is 71.6 Å². The maximum absolute atomic E-state index is 13.7. The van der Waals surface area contributed by atoms with Gasteiger partial charge in [0.2, 0.25) is 5.03 Å². The molecule has 0 aliphatic carbocycles. The highest BCUT2D eigenvalue weighted by molar-refractivity contribution is 7.89. The van der Waals surface area contributed by atoms with Gasteiger partial charge in [-0.1, -0.05) is 36.7 Å². The highest BCUT2D eigenvalue weighted by Gasteiger charge is 2.36. The van der Waals surface area contributed by atoms with Crippen molar-refractivity contribution in [2.24, 2.45) is 0 Å². The number of para-hydroxylation sites is 1. The number of carbonyl (C=O) groups excluding carboxylic acids is 1. The molecule has 1 aromatic carbocycles. The molecule has 0 atom stereocenters. The molecule has 11 heteroatoms. The lowest BCUT2D eigenvalue weighted by molar-refractivity contribution is 0.0646. The van der Waals surface area contributed by atoms with Crippen LogP contribution in [-0.4, -0.2) is 97.1 Å². The zero-order valence-electron chi connectivity index (χ0n) is 20.1. The number of hydrogen-bond acceptors (Lipinski definition) is 6. The summed E-state index contributed by atoms with van der Waals surface area (Å²) in [6.07, 6.45) is 4.22. The molecular weight excluding hydrogens is 488 g/mol. The fourth-order valence-electron chi connectivity index (χ4n) is 4.57. The molecule has 0 bridgehead atoms. The van der Waals surface area contributed by atoms with Crippen molar-refractivity contribution in [3.05, 3.63) is 53.7 Å². The van der Waals surface area contributed by atoms with Crippen molar-refractivity contribution < 1.29 is 13.2 Å². The summed E-state index contributed by atoms with van der Waals surface area (Å²) in [7, 11) is -3.94. The number of aromatic nitrogens is 2. The minimum absolute atomic E-state index is 0.143. The monoisotopic (exact) mass is 520 g/mol. The summed E-state index contributed by atoms with van der Waals surface area (Å²) >= 11 is 6.33. The van der Waals surface area contributed by atoms with Gasteiger partial charge in [-0.05, 0) is 18.6 Å². The first-order valence-corrected chi connectivity index (χ1v) is 13.9. The summed E-state index contributed by atoms with van der Waals surface area (Å²) in [5.41, 5.74) is 1.05. The van der Waals surface area contributed by atoms with E-state index in [1.54, 1.807) is 15.8 Å². The fraction of sp³-hybridized carbons (Fsp3) is 0.500. The zero-order chi connectivity index (χ0) is 25.0. The van der Waals surface area contributed by atoms with E-state index in [-0.39, 0.29) is 16.5 Å². The van der Waals surface area contributed by atoms with Crippen LogP contribution in [0.1, 0.15) is 23.7 Å². The van der Waals surface area contributed by atoms with Crippen LogP contribution in [0.2, 0.25) is 5.02 Å². The summed E-state index contributed by atoms with van der Waals surface area (Å²) in [5, 5.41) is 4.88. The lowest BCUT2D eigenvalue weighted by Crippen LogP contribution is -2.50. The van der Waals surface area contributed by atoms with E-state index in [0.29, 0.717) is 50.8 Å². The number of benzene rings is 1. The Morgan fingerprint density at radius 2 is 1.77 bits per heavy atom. The number of anilines is 1. The molecule has 0 radical (unpaired) electrons. The molecule has 4 rings (SSSR count). The third kappa shape index (κ3) is 5.55. The number of halogens is 1. The van der Waals surface area contributed by atoms with Crippen LogP contribution in [0.5, 0.6) is 0 Å². The fourth-order valence-corrected chi connectivity index (χ4v) is 6.34. The highest BCUT2D eigenvalue weighted by atomic mass is 35.5. The number of aryl methyl sites for hydroxylation is 1. The minimum atomic E-state index is -3.94. The Kier molecular flexibility index (Phi) is 8.16. The summed E-state index contributed by atoms with van der Waals surface area (Å²) in [6.45, 7) is 11.2. The Hall–Kier alpha value is -2.40. The van der Waals surface area contributed by atoms with Crippen LogP contribution < -0.4 is 4.90 Å². The SMILES string of the molecule is C=CCN1CCN(C(=O)c2cn(CCC)nc2S(=O)(=O)N2CCN(c3ccccc3Cl)CC2)CC1. The molecule has 190 valence electrons. The summed E-state index contributed by atoms with van der Waals surface area (Å²) in [5.74, 6) is -0.279. The van der Waals surface area contributed by atoms with Gasteiger partial charge in [-0.15, -0.1) is 6.58 Å². The van der Waals surface area contributed by atoms with Crippen LogP contribution >= 0.6 is 11.6 Å². The number of hydrogen-bond donors (Lipinski definition) is 0. The van der Waals surface area contributed by atoms with Crippen LogP contribution in [0.15, 0.2) is 48.1 Å². The van der Waals surface area contributed by atoms with Crippen LogP contribution in [0, 0.1) is 0 Å². The minimum Gasteiger partial charge on any atom is -0.368 e. The smallest absolute Gasteiger partial charge is 0.263 e. The zero-order valence-corrected chi connectivity index (χ0v) is 21.7. The molecule has 2 fully saturated rings. The van der Waals surface area contributed by atoms with Crippen LogP contribution in [0.4, 0.5) is 5.69 Å². The van der Waals surface area contributed by atoms with E-state index in [1.165, 1.54) is 4.31 Å². The molecule has 9 nitrogen and oxygen atoms in total. The van der Waals surface area contributed by atoms with E-state index < -0.39 is 10.0 Å². The molecule has 2 aliphatic rings. The Bertz CT molecular complexity index is 1150. The van der Waals surface area contributed by atoms with Gasteiger partial charge in [0.05, 0.1) is 16.3 Å². The van der Waals surface area contributed by atoms with Crippen LogP contribution in [0.25, 0.3) is 0 Å². The summed E-state index contributed by atoms with van der Waals surface area (Å²) < 4.78 is 30.4. The molecule has 3 heterocycles. The van der Waals surface area contributed by atoms with Crippen molar-refractivity contribution in [3.63, 3.8) is 0 Å². The maximum atomic E-state index is 13.7. The number of piperazine rings is 2. The first-order chi connectivity index (χ1) is 16.8. The number of sulfonamides is 1. The van der Waals surface area contributed by atoms with E-state index in [1.807, 2.05) is 37.3 Å². The summed E-state index contributed by atoms with van der Waals surface area (Å²) in [4.78, 5) is 19.5. The van der Waals surface area contributed by atoms with Gasteiger partial charge < -0.3 is 9.80 Å². The Balaban J connectivity index is 1.53. The van der Waals surface area contributed by atoms with Gasteiger partial charge in [0.15, 0.2) is 0 Å². The van der Waals surface area contributed by atoms with E-state index in [9.17, 15) is 13.2 Å². The molecule has 0 N–H and O–H groups in total. The van der Waals surface area contributed by atoms with Crippen molar-refractivity contribution in [1.29, 1.82) is 0 Å².